The smallest absolute Gasteiger partial charge is 0.449 e. The molecule has 0 saturated heterocycles. The van der Waals surface area contributed by atoms with E-state index in [4.69, 9.17) is 14.2 Å². The lowest BCUT2D eigenvalue weighted by molar-refractivity contribution is -0.384. The van der Waals surface area contributed by atoms with Crippen LogP contribution >= 0.6 is 0 Å². The molecule has 0 fully saturated rings. The number of alkyl carbamates (subject to hydrolysis) is 1. The van der Waals surface area contributed by atoms with Gasteiger partial charge in [-0.25, -0.2) is 9.59 Å². The Kier molecular flexibility index (Phi) is 16.7. The average Bonchev–Trinajstić information content (AvgIpc) is 3.74. The van der Waals surface area contributed by atoms with Crippen LogP contribution in [0.5, 0.6) is 5.75 Å². The highest BCUT2D eigenvalue weighted by Gasteiger charge is 2.36. The van der Waals surface area contributed by atoms with Gasteiger partial charge in [-0.2, -0.15) is 0 Å². The van der Waals surface area contributed by atoms with E-state index in [0.717, 1.165) is 38.9 Å². The third-order valence-corrected chi connectivity index (χ3v) is 13.0. The summed E-state index contributed by atoms with van der Waals surface area (Å²) in [6.45, 7) is 4.11. The summed E-state index contributed by atoms with van der Waals surface area (Å²) in [7, 11) is 0. The maximum Gasteiger partial charge on any atom is 0.514 e. The number of ether oxygens (including phenoxy) is 3. The second kappa shape index (κ2) is 24.0. The van der Waals surface area contributed by atoms with Crippen LogP contribution in [0.1, 0.15) is 72.4 Å². The number of non-ortho nitro benzene ring substituents is 1. The van der Waals surface area contributed by atoms with Crippen LogP contribution in [0.15, 0.2) is 188 Å². The standard InChI is InChI=1S/C59H57N5O9/c1-40(2)54(63-57(67)71-39-52-50-26-14-12-24-48(50)49-25-13-15-27-51(49)52)56(66)62-53(55(65)61-45-31-29-41(30-32-45)38-72-58(68)73-47-35-33-46(34-36-47)64(69)70)28-16-17-37-60-59(42-18-6-3-7-19-42,43-20-8-4-9-21-43)44-22-10-5-11-23-44/h3-15,18-27,29-36,40,52-54,60H,16-17,28,37-39H2,1-2H3,(H,61,65)(H,62,66)(H,63,67)/t53-,54-/m0/s1. The summed E-state index contributed by atoms with van der Waals surface area (Å²) in [4.78, 5) is 64.8. The average molecular weight is 980 g/mol. The third kappa shape index (κ3) is 12.5. The monoisotopic (exact) mass is 979 g/mol. The molecule has 0 radical (unpaired) electrons. The van der Waals surface area contributed by atoms with Crippen LogP contribution in [-0.2, 0) is 31.2 Å². The highest BCUT2D eigenvalue weighted by Crippen LogP contribution is 2.44. The lowest BCUT2D eigenvalue weighted by atomic mass is 9.77. The molecule has 14 heteroatoms. The maximum atomic E-state index is 14.2. The minimum Gasteiger partial charge on any atom is -0.449 e. The van der Waals surface area contributed by atoms with Gasteiger partial charge in [0.25, 0.3) is 5.69 Å². The number of benzene rings is 7. The number of rotatable bonds is 21. The predicted octanol–water partition coefficient (Wildman–Crippen LogP) is 11.0. The van der Waals surface area contributed by atoms with Gasteiger partial charge in [0.1, 0.15) is 31.0 Å². The topological polar surface area (TPSA) is 187 Å². The van der Waals surface area contributed by atoms with Crippen LogP contribution in [0.2, 0.25) is 0 Å². The highest BCUT2D eigenvalue weighted by atomic mass is 16.7. The first-order valence-electron chi connectivity index (χ1n) is 24.3. The van der Waals surface area contributed by atoms with Gasteiger partial charge in [0.15, 0.2) is 0 Å². The van der Waals surface area contributed by atoms with E-state index in [9.17, 15) is 29.3 Å². The molecular weight excluding hydrogens is 923 g/mol. The quantitative estimate of drug-likeness (QED) is 0.0135. The zero-order valence-corrected chi connectivity index (χ0v) is 40.6. The Balaban J connectivity index is 0.938. The molecular formula is C59H57N5O9. The molecule has 3 amide bonds. The number of hydrogen-bond acceptors (Lipinski definition) is 10. The molecule has 2 atom stereocenters. The minimum absolute atomic E-state index is 0.0721. The Hall–Kier alpha value is -8.62. The zero-order chi connectivity index (χ0) is 51.2. The van der Waals surface area contributed by atoms with E-state index in [1.807, 2.05) is 105 Å². The molecule has 0 aromatic heterocycles. The van der Waals surface area contributed by atoms with E-state index in [1.54, 1.807) is 24.3 Å². The lowest BCUT2D eigenvalue weighted by Gasteiger charge is -2.37. The first-order chi connectivity index (χ1) is 35.5. The molecule has 8 rings (SSSR count). The van der Waals surface area contributed by atoms with Crippen molar-refractivity contribution >= 4 is 35.4 Å². The first-order valence-corrected chi connectivity index (χ1v) is 24.3. The van der Waals surface area contributed by atoms with Crippen molar-refractivity contribution in [3.63, 3.8) is 0 Å². The highest BCUT2D eigenvalue weighted by molar-refractivity contribution is 5.98. The van der Waals surface area contributed by atoms with Crippen molar-refractivity contribution < 1.29 is 38.3 Å². The number of nitrogens with zero attached hydrogens (tertiary/aromatic N) is 1. The molecule has 0 heterocycles. The molecule has 0 spiro atoms. The molecule has 14 nitrogen and oxygen atoms in total. The molecule has 372 valence electrons. The second-order valence-electron chi connectivity index (χ2n) is 18.1. The van der Waals surface area contributed by atoms with Gasteiger partial charge in [-0.1, -0.05) is 166 Å². The molecule has 7 aromatic rings. The predicted molar refractivity (Wildman–Crippen MR) is 279 cm³/mol. The van der Waals surface area contributed by atoms with Gasteiger partial charge in [0.2, 0.25) is 11.8 Å². The number of anilines is 1. The van der Waals surface area contributed by atoms with Crippen molar-refractivity contribution in [2.45, 2.75) is 63.3 Å². The molecule has 0 bridgehead atoms. The van der Waals surface area contributed by atoms with Crippen molar-refractivity contribution in [1.82, 2.24) is 16.0 Å². The Morgan fingerprint density at radius 1 is 0.616 bits per heavy atom. The van der Waals surface area contributed by atoms with Gasteiger partial charge in [-0.05, 0) is 100 Å². The molecule has 0 aliphatic heterocycles. The minimum atomic E-state index is -1.03. The molecule has 4 N–H and O–H groups in total. The number of nitro groups is 1. The van der Waals surface area contributed by atoms with Gasteiger partial charge in [-0.3, -0.25) is 25.0 Å². The van der Waals surface area contributed by atoms with Crippen molar-refractivity contribution in [1.29, 1.82) is 0 Å². The number of amides is 3. The molecule has 7 aromatic carbocycles. The number of carbonyl (C=O) groups is 4. The van der Waals surface area contributed by atoms with E-state index in [0.29, 0.717) is 30.6 Å². The van der Waals surface area contributed by atoms with Gasteiger partial charge in [0.05, 0.1) is 10.5 Å². The Bertz CT molecular complexity index is 2850. The van der Waals surface area contributed by atoms with Crippen LogP contribution in [0, 0.1) is 16.0 Å². The SMILES string of the molecule is CC(C)[C@H](NC(=O)OCC1c2ccccc2-c2ccccc21)C(=O)N[C@@H](CCCCNC(c1ccccc1)(c1ccccc1)c1ccccc1)C(=O)Nc1ccc(COC(=O)Oc2ccc([N+](=O)[O-])cc2)cc1. The number of hydrogen-bond donors (Lipinski definition) is 4. The Morgan fingerprint density at radius 2 is 1.15 bits per heavy atom. The summed E-state index contributed by atoms with van der Waals surface area (Å²) in [5.41, 5.74) is 7.72. The van der Waals surface area contributed by atoms with Crippen LogP contribution in [0.3, 0.4) is 0 Å². The van der Waals surface area contributed by atoms with Crippen molar-refractivity contribution in [3.8, 4) is 16.9 Å². The number of unbranched alkanes of at least 4 members (excludes halogenated alkanes) is 1. The fourth-order valence-corrected chi connectivity index (χ4v) is 9.27. The van der Waals surface area contributed by atoms with E-state index >= 15 is 0 Å². The molecule has 1 aliphatic carbocycles. The summed E-state index contributed by atoms with van der Waals surface area (Å²) in [6, 6.07) is 56.5. The van der Waals surface area contributed by atoms with Gasteiger partial charge < -0.3 is 30.2 Å². The normalized spacial score (nSPS) is 12.6. The van der Waals surface area contributed by atoms with Crippen LogP contribution < -0.4 is 26.0 Å². The van der Waals surface area contributed by atoms with Gasteiger partial charge in [0, 0.05) is 23.7 Å². The second-order valence-corrected chi connectivity index (χ2v) is 18.1. The summed E-state index contributed by atoms with van der Waals surface area (Å²) >= 11 is 0. The summed E-state index contributed by atoms with van der Waals surface area (Å²) < 4.78 is 16.2. The fraction of sp³-hybridized carbons (Fsp3) is 0.220. The number of fused-ring (bicyclic) bond motifs is 3. The van der Waals surface area contributed by atoms with Gasteiger partial charge >= 0.3 is 12.2 Å². The fourth-order valence-electron chi connectivity index (χ4n) is 9.27. The van der Waals surface area contributed by atoms with E-state index < -0.39 is 46.6 Å². The molecule has 1 aliphatic rings. The third-order valence-electron chi connectivity index (χ3n) is 13.0. The van der Waals surface area contributed by atoms with E-state index in [-0.39, 0.29) is 42.9 Å². The van der Waals surface area contributed by atoms with Crippen LogP contribution in [0.4, 0.5) is 21.0 Å². The molecule has 0 saturated carbocycles. The van der Waals surface area contributed by atoms with E-state index in [1.165, 1.54) is 24.3 Å². The molecule has 0 unspecified atom stereocenters. The number of carbonyl (C=O) groups excluding carboxylic acids is 4. The number of nitrogens with one attached hydrogen (secondary N) is 4. The molecule has 73 heavy (non-hydrogen) atoms. The van der Waals surface area contributed by atoms with E-state index in [2.05, 4.69) is 69.8 Å². The summed E-state index contributed by atoms with van der Waals surface area (Å²) in [5.74, 6) is -1.45. The summed E-state index contributed by atoms with van der Waals surface area (Å²) in [5, 5.41) is 23.5. The largest absolute Gasteiger partial charge is 0.514 e. The Labute approximate surface area is 424 Å². The van der Waals surface area contributed by atoms with Crippen molar-refractivity contribution in [3.05, 3.63) is 232 Å². The zero-order valence-electron chi connectivity index (χ0n) is 40.6. The lowest BCUT2D eigenvalue weighted by Crippen LogP contribution is -2.54. The van der Waals surface area contributed by atoms with Crippen molar-refractivity contribution in [2.24, 2.45) is 5.92 Å². The number of nitro benzene ring substituents is 1. The van der Waals surface area contributed by atoms with Gasteiger partial charge in [-0.15, -0.1) is 0 Å². The van der Waals surface area contributed by atoms with Crippen molar-refractivity contribution in [2.75, 3.05) is 18.5 Å². The van der Waals surface area contributed by atoms with Crippen LogP contribution in [-0.4, -0.2) is 54.2 Å². The maximum absolute atomic E-state index is 14.2. The summed E-state index contributed by atoms with van der Waals surface area (Å²) in [6.07, 6.45) is -0.296. The Morgan fingerprint density at radius 3 is 1.68 bits per heavy atom. The first kappa shape index (κ1) is 50.8. The van der Waals surface area contributed by atoms with Crippen LogP contribution in [0.25, 0.3) is 11.1 Å².